The molecule has 0 fully saturated rings. The minimum absolute atomic E-state index is 0.240. The number of nitrogens with zero attached hydrogens (tertiary/aromatic N) is 2. The Morgan fingerprint density at radius 2 is 2.05 bits per heavy atom. The molecule has 0 amide bonds. The van der Waals surface area contributed by atoms with E-state index in [4.69, 9.17) is 4.74 Å². The van der Waals surface area contributed by atoms with Crippen LogP contribution >= 0.6 is 0 Å². The Hall–Kier alpha value is -2.43. The molecule has 102 valence electrons. The average molecular weight is 271 g/mol. The van der Waals surface area contributed by atoms with Crippen LogP contribution in [0, 0.1) is 5.82 Å². The highest BCUT2D eigenvalue weighted by Gasteiger charge is 2.11. The summed E-state index contributed by atoms with van der Waals surface area (Å²) >= 11 is 0. The number of hydrogen-bond acceptors (Lipinski definition) is 4. The minimum Gasteiger partial charge on any atom is -0.486 e. The molecule has 0 saturated heterocycles. The maximum Gasteiger partial charge on any atom is 0.165 e. The van der Waals surface area contributed by atoms with Gasteiger partial charge in [0.15, 0.2) is 11.6 Å². The first-order chi connectivity index (χ1) is 9.83. The number of nitrogens with one attached hydrogen (secondary N) is 1. The van der Waals surface area contributed by atoms with E-state index < -0.39 is 0 Å². The summed E-state index contributed by atoms with van der Waals surface area (Å²) < 4.78 is 19.5. The first kappa shape index (κ1) is 12.6. The summed E-state index contributed by atoms with van der Waals surface area (Å²) in [6.07, 6.45) is 3.37. The van der Waals surface area contributed by atoms with E-state index in [1.165, 1.54) is 6.07 Å². The first-order valence-corrected chi connectivity index (χ1v) is 6.43. The quantitative estimate of drug-likeness (QED) is 0.926. The Balaban J connectivity index is 1.71. The van der Waals surface area contributed by atoms with Crippen molar-refractivity contribution < 1.29 is 9.13 Å². The number of aromatic nitrogens is 1. The van der Waals surface area contributed by atoms with Gasteiger partial charge in [0.25, 0.3) is 0 Å². The molecular weight excluding hydrogens is 257 g/mol. The van der Waals surface area contributed by atoms with Crippen molar-refractivity contribution in [3.8, 4) is 5.75 Å². The van der Waals surface area contributed by atoms with Crippen LogP contribution in [0.25, 0.3) is 0 Å². The van der Waals surface area contributed by atoms with Crippen LogP contribution in [0.3, 0.4) is 0 Å². The lowest BCUT2D eigenvalue weighted by molar-refractivity contribution is 0.290. The van der Waals surface area contributed by atoms with Crippen LogP contribution in [-0.4, -0.2) is 23.9 Å². The van der Waals surface area contributed by atoms with Crippen molar-refractivity contribution in [2.24, 2.45) is 4.99 Å². The largest absolute Gasteiger partial charge is 0.486 e. The summed E-state index contributed by atoms with van der Waals surface area (Å²) in [5.74, 6) is 0.599. The molecule has 2 aromatic rings. The summed E-state index contributed by atoms with van der Waals surface area (Å²) in [6, 6.07) is 8.56. The fourth-order valence-corrected chi connectivity index (χ4v) is 2.00. The molecule has 4 nitrogen and oxygen atoms in total. The third kappa shape index (κ3) is 2.77. The van der Waals surface area contributed by atoms with Crippen molar-refractivity contribution >= 4 is 5.84 Å². The maximum absolute atomic E-state index is 14.0. The molecule has 0 unspecified atom stereocenters. The predicted octanol–water partition coefficient (Wildman–Crippen LogP) is 2.15. The van der Waals surface area contributed by atoms with Crippen molar-refractivity contribution in [3.63, 3.8) is 0 Å². The van der Waals surface area contributed by atoms with Gasteiger partial charge < -0.3 is 10.1 Å². The molecule has 3 rings (SSSR count). The molecule has 20 heavy (non-hydrogen) atoms. The number of ether oxygens (including phenoxy) is 1. The van der Waals surface area contributed by atoms with Crippen molar-refractivity contribution in [1.82, 2.24) is 10.3 Å². The van der Waals surface area contributed by atoms with Gasteiger partial charge in [0.2, 0.25) is 0 Å². The summed E-state index contributed by atoms with van der Waals surface area (Å²) in [4.78, 5) is 8.19. The smallest absolute Gasteiger partial charge is 0.165 e. The van der Waals surface area contributed by atoms with E-state index in [-0.39, 0.29) is 11.6 Å². The van der Waals surface area contributed by atoms with E-state index in [0.717, 1.165) is 30.1 Å². The molecule has 0 saturated carbocycles. The lowest BCUT2D eigenvalue weighted by atomic mass is 10.2. The highest BCUT2D eigenvalue weighted by Crippen LogP contribution is 2.20. The Morgan fingerprint density at radius 3 is 2.75 bits per heavy atom. The highest BCUT2D eigenvalue weighted by molar-refractivity contribution is 5.99. The van der Waals surface area contributed by atoms with Crippen LogP contribution < -0.4 is 10.1 Å². The molecule has 0 radical (unpaired) electrons. The summed E-state index contributed by atoms with van der Waals surface area (Å²) in [6.45, 7) is 1.85. The number of amidine groups is 1. The van der Waals surface area contributed by atoms with Crippen LogP contribution in [-0.2, 0) is 6.61 Å². The van der Waals surface area contributed by atoms with E-state index >= 15 is 0 Å². The third-order valence-electron chi connectivity index (χ3n) is 3.02. The van der Waals surface area contributed by atoms with Gasteiger partial charge in [-0.1, -0.05) is 0 Å². The van der Waals surface area contributed by atoms with Gasteiger partial charge in [0.05, 0.1) is 6.54 Å². The molecule has 0 aliphatic carbocycles. The molecule has 1 aromatic heterocycles. The zero-order chi connectivity index (χ0) is 13.8. The van der Waals surface area contributed by atoms with Gasteiger partial charge in [-0.05, 0) is 35.9 Å². The van der Waals surface area contributed by atoms with Crippen molar-refractivity contribution in [2.75, 3.05) is 13.1 Å². The van der Waals surface area contributed by atoms with Gasteiger partial charge in [0, 0.05) is 24.5 Å². The molecule has 1 aromatic carbocycles. The first-order valence-electron chi connectivity index (χ1n) is 6.43. The lowest BCUT2D eigenvalue weighted by Gasteiger charge is -2.09. The van der Waals surface area contributed by atoms with E-state index in [1.54, 1.807) is 18.5 Å². The number of pyridine rings is 1. The van der Waals surface area contributed by atoms with Crippen molar-refractivity contribution in [3.05, 3.63) is 59.7 Å². The Morgan fingerprint density at radius 1 is 1.20 bits per heavy atom. The minimum atomic E-state index is -0.382. The van der Waals surface area contributed by atoms with Crippen LogP contribution in [0.4, 0.5) is 4.39 Å². The summed E-state index contributed by atoms with van der Waals surface area (Å²) in [5.41, 5.74) is 1.70. The third-order valence-corrected chi connectivity index (χ3v) is 3.02. The number of hydrogen-bond donors (Lipinski definition) is 1. The molecule has 5 heteroatoms. The fourth-order valence-electron chi connectivity index (χ4n) is 2.00. The van der Waals surface area contributed by atoms with E-state index in [0.29, 0.717) is 6.61 Å². The standard InChI is InChI=1S/C15H14FN3O/c16-13-9-12(15-18-7-8-19-15)1-2-14(13)20-10-11-3-5-17-6-4-11/h1-6,9H,7-8,10H2,(H,18,19). The van der Waals surface area contributed by atoms with Gasteiger partial charge in [0.1, 0.15) is 12.4 Å². The highest BCUT2D eigenvalue weighted by atomic mass is 19.1. The average Bonchev–Trinajstić information content (AvgIpc) is 3.01. The van der Waals surface area contributed by atoms with Gasteiger partial charge in [-0.2, -0.15) is 0 Å². The second kappa shape index (κ2) is 5.69. The second-order valence-corrected chi connectivity index (χ2v) is 4.45. The predicted molar refractivity (Wildman–Crippen MR) is 74.4 cm³/mol. The van der Waals surface area contributed by atoms with E-state index in [9.17, 15) is 4.39 Å². The van der Waals surface area contributed by atoms with Crippen molar-refractivity contribution in [2.45, 2.75) is 6.61 Å². The fraction of sp³-hybridized carbons (Fsp3) is 0.200. The summed E-state index contributed by atoms with van der Waals surface area (Å²) in [5, 5.41) is 3.11. The van der Waals surface area contributed by atoms with E-state index in [1.807, 2.05) is 18.2 Å². The number of rotatable bonds is 4. The number of aliphatic imine (C=N–C) groups is 1. The normalized spacial score (nSPS) is 13.8. The molecule has 1 aliphatic heterocycles. The molecule has 0 bridgehead atoms. The zero-order valence-corrected chi connectivity index (χ0v) is 10.8. The molecule has 2 heterocycles. The van der Waals surface area contributed by atoms with Crippen LogP contribution in [0.1, 0.15) is 11.1 Å². The number of halogens is 1. The van der Waals surface area contributed by atoms with Crippen molar-refractivity contribution in [1.29, 1.82) is 0 Å². The lowest BCUT2D eigenvalue weighted by Crippen LogP contribution is -2.19. The van der Waals surface area contributed by atoms with Crippen LogP contribution in [0.5, 0.6) is 5.75 Å². The van der Waals surface area contributed by atoms with Gasteiger partial charge in [-0.15, -0.1) is 0 Å². The van der Waals surface area contributed by atoms with Gasteiger partial charge >= 0.3 is 0 Å². The van der Waals surface area contributed by atoms with Crippen LogP contribution in [0.2, 0.25) is 0 Å². The maximum atomic E-state index is 14.0. The van der Waals surface area contributed by atoms with Gasteiger partial charge in [-0.3, -0.25) is 9.98 Å². The number of benzene rings is 1. The molecule has 1 N–H and O–H groups in total. The topological polar surface area (TPSA) is 46.5 Å². The monoisotopic (exact) mass is 271 g/mol. The molecule has 1 aliphatic rings. The molecular formula is C15H14FN3O. The van der Waals surface area contributed by atoms with Crippen LogP contribution in [0.15, 0.2) is 47.7 Å². The Kier molecular flexibility index (Phi) is 3.58. The Labute approximate surface area is 116 Å². The summed E-state index contributed by atoms with van der Waals surface area (Å²) in [7, 11) is 0. The second-order valence-electron chi connectivity index (χ2n) is 4.45. The van der Waals surface area contributed by atoms with E-state index in [2.05, 4.69) is 15.3 Å². The molecule has 0 atom stereocenters. The zero-order valence-electron chi connectivity index (χ0n) is 10.8. The molecule has 0 spiro atoms. The Bertz CT molecular complexity index is 628. The van der Waals surface area contributed by atoms with Gasteiger partial charge in [-0.25, -0.2) is 4.39 Å². The SMILES string of the molecule is Fc1cc(C2=NCCN2)ccc1OCc1ccncc1.